The third kappa shape index (κ3) is 1.71. The third-order valence-electron chi connectivity index (χ3n) is 1.29. The number of hydrogen-bond acceptors (Lipinski definition) is 1. The molecular formula is C9H11N. The molecule has 1 aliphatic heterocycles. The molecule has 10 heavy (non-hydrogen) atoms. The van der Waals surface area contributed by atoms with Crippen LogP contribution in [0.4, 0.5) is 0 Å². The van der Waals surface area contributed by atoms with E-state index in [1.165, 1.54) is 5.57 Å². The van der Waals surface area contributed by atoms with E-state index in [1.807, 2.05) is 19.9 Å². The van der Waals surface area contributed by atoms with Crippen molar-refractivity contribution in [3.63, 3.8) is 0 Å². The van der Waals surface area contributed by atoms with Crippen LogP contribution >= 0.6 is 0 Å². The zero-order chi connectivity index (χ0) is 7.56. The van der Waals surface area contributed by atoms with Gasteiger partial charge in [-0.05, 0) is 44.4 Å². The van der Waals surface area contributed by atoms with Gasteiger partial charge in [-0.15, -0.1) is 0 Å². The molecule has 1 heterocycles. The average Bonchev–Trinajstić information content (AvgIpc) is 1.93. The van der Waals surface area contributed by atoms with Crippen molar-refractivity contribution in [2.75, 3.05) is 0 Å². The molecule has 0 aromatic carbocycles. The highest BCUT2D eigenvalue weighted by Gasteiger charge is 1.91. The molecule has 0 spiro atoms. The standard InChI is InChI=1S/C9H11N/c1-7-4-8(2)6-10-9(3)5-7/h4-5H,1-3H3. The van der Waals surface area contributed by atoms with E-state index in [9.17, 15) is 0 Å². The molecule has 0 radical (unpaired) electrons. The summed E-state index contributed by atoms with van der Waals surface area (Å²) in [7, 11) is 0. The Morgan fingerprint density at radius 3 is 2.60 bits per heavy atom. The van der Waals surface area contributed by atoms with Crippen molar-refractivity contribution in [3.05, 3.63) is 29.0 Å². The van der Waals surface area contributed by atoms with E-state index in [-0.39, 0.29) is 0 Å². The van der Waals surface area contributed by atoms with Gasteiger partial charge in [-0.25, -0.2) is 4.99 Å². The van der Waals surface area contributed by atoms with E-state index in [2.05, 4.69) is 23.9 Å². The van der Waals surface area contributed by atoms with Crippen molar-refractivity contribution in [1.29, 1.82) is 0 Å². The summed E-state index contributed by atoms with van der Waals surface area (Å²) in [6.45, 7) is 6.04. The van der Waals surface area contributed by atoms with E-state index < -0.39 is 0 Å². The zero-order valence-corrected chi connectivity index (χ0v) is 6.60. The molecule has 0 aromatic heterocycles. The van der Waals surface area contributed by atoms with Gasteiger partial charge < -0.3 is 0 Å². The Hall–Kier alpha value is -1.07. The summed E-state index contributed by atoms with van der Waals surface area (Å²) in [6.07, 6.45) is 4.11. The minimum atomic E-state index is 1.02. The molecule has 0 amide bonds. The van der Waals surface area contributed by atoms with Crippen LogP contribution in [0.2, 0.25) is 0 Å². The lowest BCUT2D eigenvalue weighted by Crippen LogP contribution is -1.70. The highest BCUT2D eigenvalue weighted by molar-refractivity contribution is 5.64. The third-order valence-corrected chi connectivity index (χ3v) is 1.29. The maximum Gasteiger partial charge on any atom is 0.0475 e. The number of hydrogen-bond donors (Lipinski definition) is 0. The first kappa shape index (κ1) is 7.04. The molecule has 0 fully saturated rings. The Labute approximate surface area is 61.5 Å². The smallest absolute Gasteiger partial charge is 0.0475 e. The van der Waals surface area contributed by atoms with Crippen LogP contribution in [0, 0.1) is 0 Å². The summed E-state index contributed by atoms with van der Waals surface area (Å²) in [5.41, 5.74) is 3.35. The van der Waals surface area contributed by atoms with Crippen LogP contribution in [0.25, 0.3) is 0 Å². The lowest BCUT2D eigenvalue weighted by atomic mass is 10.2. The average molecular weight is 133 g/mol. The van der Waals surface area contributed by atoms with Crippen LogP contribution in [0.5, 0.6) is 0 Å². The molecular weight excluding hydrogens is 122 g/mol. The summed E-state index contributed by atoms with van der Waals surface area (Å²) >= 11 is 0. The normalized spacial score (nSPS) is 17.3. The Kier molecular flexibility index (Phi) is 1.88. The molecule has 0 saturated carbocycles. The molecule has 1 rings (SSSR count). The number of aliphatic imine (C=N–C) groups is 1. The van der Waals surface area contributed by atoms with Crippen molar-refractivity contribution in [2.24, 2.45) is 4.99 Å². The molecule has 0 aliphatic carbocycles. The summed E-state index contributed by atoms with van der Waals surface area (Å²) in [4.78, 5) is 4.08. The first-order valence-electron chi connectivity index (χ1n) is 3.35. The van der Waals surface area contributed by atoms with E-state index >= 15 is 0 Å². The first-order chi connectivity index (χ1) is 4.68. The number of allylic oxidation sites excluding steroid dienone is 5. The maximum absolute atomic E-state index is 4.08. The minimum absolute atomic E-state index is 1.02. The zero-order valence-electron chi connectivity index (χ0n) is 6.60. The predicted molar refractivity (Wildman–Crippen MR) is 44.1 cm³/mol. The molecule has 1 aliphatic rings. The van der Waals surface area contributed by atoms with Gasteiger partial charge in [0.25, 0.3) is 0 Å². The van der Waals surface area contributed by atoms with E-state index in [0.717, 1.165) is 11.3 Å². The van der Waals surface area contributed by atoms with Crippen molar-refractivity contribution in [3.8, 4) is 0 Å². The van der Waals surface area contributed by atoms with Gasteiger partial charge in [0, 0.05) is 11.3 Å². The second-order valence-corrected chi connectivity index (χ2v) is 2.58. The monoisotopic (exact) mass is 133 g/mol. The van der Waals surface area contributed by atoms with Gasteiger partial charge in [-0.2, -0.15) is 0 Å². The van der Waals surface area contributed by atoms with Crippen molar-refractivity contribution in [2.45, 2.75) is 20.8 Å². The maximum atomic E-state index is 4.08. The van der Waals surface area contributed by atoms with Crippen molar-refractivity contribution in [1.82, 2.24) is 0 Å². The molecule has 52 valence electrons. The van der Waals surface area contributed by atoms with Crippen LogP contribution in [0.1, 0.15) is 20.8 Å². The molecule has 0 saturated heterocycles. The second kappa shape index (κ2) is 2.68. The fourth-order valence-corrected chi connectivity index (χ4v) is 0.954. The van der Waals surface area contributed by atoms with Gasteiger partial charge in [-0.1, -0.05) is 0 Å². The highest BCUT2D eigenvalue weighted by atomic mass is 14.7. The highest BCUT2D eigenvalue weighted by Crippen LogP contribution is 2.07. The van der Waals surface area contributed by atoms with Crippen LogP contribution in [-0.4, -0.2) is 5.87 Å². The van der Waals surface area contributed by atoms with Gasteiger partial charge in [-0.3, -0.25) is 0 Å². The van der Waals surface area contributed by atoms with E-state index in [0.29, 0.717) is 0 Å². The first-order valence-corrected chi connectivity index (χ1v) is 3.35. The lowest BCUT2D eigenvalue weighted by Gasteiger charge is -1.88. The topological polar surface area (TPSA) is 12.4 Å². The van der Waals surface area contributed by atoms with Crippen LogP contribution in [0.15, 0.2) is 34.0 Å². The fraction of sp³-hybridized carbons (Fsp3) is 0.333. The molecule has 0 N–H and O–H groups in total. The van der Waals surface area contributed by atoms with Gasteiger partial charge in [0.05, 0.1) is 0 Å². The molecule has 0 unspecified atom stereocenters. The van der Waals surface area contributed by atoms with Gasteiger partial charge >= 0.3 is 0 Å². The van der Waals surface area contributed by atoms with E-state index in [1.54, 1.807) is 0 Å². The molecule has 0 bridgehead atoms. The predicted octanol–water partition coefficient (Wildman–Crippen LogP) is 2.47. The Balaban J connectivity index is 3.10. The summed E-state index contributed by atoms with van der Waals surface area (Å²) in [5.74, 6) is 2.92. The fourth-order valence-electron chi connectivity index (χ4n) is 0.954. The SMILES string of the molecule is CC1=C=NC(C)=CC(C)=C1. The lowest BCUT2D eigenvalue weighted by molar-refractivity contribution is 1.30. The van der Waals surface area contributed by atoms with Crippen molar-refractivity contribution < 1.29 is 0 Å². The molecule has 1 heteroatoms. The minimum Gasteiger partial charge on any atom is -0.211 e. The van der Waals surface area contributed by atoms with Gasteiger partial charge in [0.1, 0.15) is 0 Å². The molecule has 0 atom stereocenters. The number of rotatable bonds is 0. The molecule has 0 aromatic rings. The largest absolute Gasteiger partial charge is 0.211 e. The summed E-state index contributed by atoms with van der Waals surface area (Å²) < 4.78 is 0. The Morgan fingerprint density at radius 1 is 1.20 bits per heavy atom. The summed E-state index contributed by atoms with van der Waals surface area (Å²) in [5, 5.41) is 0. The van der Waals surface area contributed by atoms with Gasteiger partial charge in [0.15, 0.2) is 0 Å². The van der Waals surface area contributed by atoms with Crippen LogP contribution in [-0.2, 0) is 0 Å². The Morgan fingerprint density at radius 2 is 1.90 bits per heavy atom. The quantitative estimate of drug-likeness (QED) is 0.481. The van der Waals surface area contributed by atoms with Gasteiger partial charge in [0.2, 0.25) is 0 Å². The number of nitrogens with zero attached hydrogens (tertiary/aromatic N) is 1. The van der Waals surface area contributed by atoms with Crippen molar-refractivity contribution >= 4 is 5.87 Å². The Bertz CT molecular complexity index is 260. The molecule has 1 nitrogen and oxygen atoms in total. The summed E-state index contributed by atoms with van der Waals surface area (Å²) in [6, 6.07) is 0. The van der Waals surface area contributed by atoms with E-state index in [4.69, 9.17) is 0 Å². The van der Waals surface area contributed by atoms with Crippen LogP contribution in [0.3, 0.4) is 0 Å². The van der Waals surface area contributed by atoms with Crippen LogP contribution < -0.4 is 0 Å². The second-order valence-electron chi connectivity index (χ2n) is 2.58.